The highest BCUT2D eigenvalue weighted by Crippen LogP contribution is 2.41. The summed E-state index contributed by atoms with van der Waals surface area (Å²) < 4.78 is 51.0. The Labute approximate surface area is 177 Å². The Bertz CT molecular complexity index is 843. The van der Waals surface area contributed by atoms with Crippen LogP contribution in [0, 0.1) is 0 Å². The molecule has 2 aromatic carbocycles. The topological polar surface area (TPSA) is 67.8 Å². The molecule has 0 saturated heterocycles. The van der Waals surface area contributed by atoms with Crippen LogP contribution in [-0.4, -0.2) is 37.6 Å². The van der Waals surface area contributed by atoms with E-state index in [2.05, 4.69) is 5.32 Å². The van der Waals surface area contributed by atoms with E-state index in [0.29, 0.717) is 16.3 Å². The highest BCUT2D eigenvalue weighted by molar-refractivity contribution is 6.30. The van der Waals surface area contributed by atoms with Crippen molar-refractivity contribution in [1.29, 1.82) is 0 Å². The van der Waals surface area contributed by atoms with E-state index in [4.69, 9.17) is 26.2 Å². The number of carboxylic acids is 1. The van der Waals surface area contributed by atoms with Gasteiger partial charge >= 0.3 is 12.1 Å². The number of benzene rings is 2. The van der Waals surface area contributed by atoms with Gasteiger partial charge in [0.2, 0.25) is 0 Å². The monoisotopic (exact) mass is 445 g/mol. The van der Waals surface area contributed by atoms with Crippen molar-refractivity contribution in [3.05, 3.63) is 58.6 Å². The van der Waals surface area contributed by atoms with Crippen molar-refractivity contribution in [2.75, 3.05) is 25.6 Å². The molecule has 0 radical (unpaired) electrons. The minimum absolute atomic E-state index is 0.102. The summed E-state index contributed by atoms with van der Waals surface area (Å²) in [5, 5.41) is 12.6. The second-order valence-electron chi connectivity index (χ2n) is 6.61. The summed E-state index contributed by atoms with van der Waals surface area (Å²) in [6.07, 6.45) is -6.98. The van der Waals surface area contributed by atoms with Gasteiger partial charge in [-0.2, -0.15) is 13.2 Å². The Balaban J connectivity index is 2.54. The first kappa shape index (κ1) is 24.0. The molecule has 9 heteroatoms. The molecule has 0 heterocycles. The smallest absolute Gasteiger partial charge is 0.418 e. The summed E-state index contributed by atoms with van der Waals surface area (Å²) in [5.41, 5.74) is 1.13. The fraction of sp³-hybridized carbons (Fsp3) is 0.381. The maximum atomic E-state index is 13.6. The highest BCUT2D eigenvalue weighted by Gasteiger charge is 2.43. The standard InChI is InChI=1S/C21H23ClF3NO4/c1-3-30-20(21(23,24)25)17-9-4-13(14(12-29-2)11-19(27)28)10-18(17)26-16-7-5-15(22)6-8-16/h4-10,14,20,26H,3,11-12H2,1-2H3,(H,27,28)/t14-,20-/m1/s1. The molecule has 0 amide bonds. The lowest BCUT2D eigenvalue weighted by Gasteiger charge is -2.25. The molecule has 2 N–H and O–H groups in total. The van der Waals surface area contributed by atoms with Crippen LogP contribution >= 0.6 is 11.6 Å². The van der Waals surface area contributed by atoms with E-state index in [9.17, 15) is 18.0 Å². The van der Waals surface area contributed by atoms with Crippen LogP contribution in [0.25, 0.3) is 0 Å². The molecule has 5 nitrogen and oxygen atoms in total. The molecule has 2 aromatic rings. The van der Waals surface area contributed by atoms with Crippen molar-refractivity contribution in [3.8, 4) is 0 Å². The largest absolute Gasteiger partial charge is 0.481 e. The molecule has 0 saturated carbocycles. The summed E-state index contributed by atoms with van der Waals surface area (Å²) in [6, 6.07) is 10.8. The van der Waals surface area contributed by atoms with E-state index in [1.54, 1.807) is 24.3 Å². The maximum absolute atomic E-state index is 13.6. The van der Waals surface area contributed by atoms with Crippen LogP contribution in [0.1, 0.15) is 36.5 Å². The lowest BCUT2D eigenvalue weighted by Crippen LogP contribution is -2.24. The van der Waals surface area contributed by atoms with Gasteiger partial charge in [-0.1, -0.05) is 23.7 Å². The lowest BCUT2D eigenvalue weighted by molar-refractivity contribution is -0.222. The van der Waals surface area contributed by atoms with Gasteiger partial charge in [0, 0.05) is 41.6 Å². The zero-order valence-electron chi connectivity index (χ0n) is 16.5. The summed E-state index contributed by atoms with van der Waals surface area (Å²) in [7, 11) is 1.44. The minimum Gasteiger partial charge on any atom is -0.481 e. The third kappa shape index (κ3) is 6.62. The number of anilines is 2. The van der Waals surface area contributed by atoms with Gasteiger partial charge in [0.05, 0.1) is 13.0 Å². The zero-order valence-corrected chi connectivity index (χ0v) is 17.3. The summed E-state index contributed by atoms with van der Waals surface area (Å²) >= 11 is 5.88. The third-order valence-corrected chi connectivity index (χ3v) is 4.63. The number of halogens is 4. The molecular formula is C21H23ClF3NO4. The first-order valence-electron chi connectivity index (χ1n) is 9.21. The average Bonchev–Trinajstić information content (AvgIpc) is 2.67. The number of hydrogen-bond acceptors (Lipinski definition) is 4. The van der Waals surface area contributed by atoms with Crippen LogP contribution in [0.2, 0.25) is 5.02 Å². The molecule has 0 unspecified atom stereocenters. The Morgan fingerprint density at radius 3 is 2.40 bits per heavy atom. The maximum Gasteiger partial charge on any atom is 0.418 e. The molecule has 0 bridgehead atoms. The van der Waals surface area contributed by atoms with Crippen molar-refractivity contribution in [2.45, 2.75) is 31.5 Å². The van der Waals surface area contributed by atoms with E-state index in [-0.39, 0.29) is 30.9 Å². The number of rotatable bonds is 10. The summed E-state index contributed by atoms with van der Waals surface area (Å²) in [6.45, 7) is 1.47. The second-order valence-corrected chi connectivity index (χ2v) is 7.04. The Morgan fingerprint density at radius 1 is 1.20 bits per heavy atom. The first-order valence-corrected chi connectivity index (χ1v) is 9.59. The van der Waals surface area contributed by atoms with E-state index >= 15 is 0 Å². The first-order chi connectivity index (χ1) is 14.2. The lowest BCUT2D eigenvalue weighted by atomic mass is 9.93. The molecule has 0 fully saturated rings. The minimum atomic E-state index is -4.62. The van der Waals surface area contributed by atoms with Crippen LogP contribution in [0.5, 0.6) is 0 Å². The molecule has 0 aliphatic rings. The quantitative estimate of drug-likeness (QED) is 0.474. The Hall–Kier alpha value is -2.29. The molecule has 0 spiro atoms. The Morgan fingerprint density at radius 2 is 1.87 bits per heavy atom. The second kappa shape index (κ2) is 10.7. The summed E-state index contributed by atoms with van der Waals surface area (Å²) in [4.78, 5) is 11.2. The SMILES string of the molecule is CCO[C@H](c1ccc([C@@H](COC)CC(=O)O)cc1Nc1ccc(Cl)cc1)C(F)(F)F. The highest BCUT2D eigenvalue weighted by atomic mass is 35.5. The van der Waals surface area contributed by atoms with Crippen LogP contribution in [0.4, 0.5) is 24.5 Å². The molecule has 164 valence electrons. The number of ether oxygens (including phenoxy) is 2. The molecular weight excluding hydrogens is 423 g/mol. The number of alkyl halides is 3. The van der Waals surface area contributed by atoms with Gasteiger partial charge in [0.1, 0.15) is 0 Å². The van der Waals surface area contributed by atoms with E-state index in [1.165, 1.54) is 32.2 Å². The third-order valence-electron chi connectivity index (χ3n) is 4.37. The average molecular weight is 446 g/mol. The van der Waals surface area contributed by atoms with Gasteiger partial charge in [0.15, 0.2) is 6.10 Å². The molecule has 2 atom stereocenters. The molecule has 0 aliphatic heterocycles. The predicted octanol–water partition coefficient (Wildman–Crippen LogP) is 5.93. The predicted molar refractivity (Wildman–Crippen MR) is 108 cm³/mol. The number of carbonyl (C=O) groups is 1. The number of nitrogens with one attached hydrogen (secondary N) is 1. The fourth-order valence-electron chi connectivity index (χ4n) is 3.07. The van der Waals surface area contributed by atoms with Crippen molar-refractivity contribution in [3.63, 3.8) is 0 Å². The van der Waals surface area contributed by atoms with Gasteiger partial charge in [-0.25, -0.2) is 0 Å². The van der Waals surface area contributed by atoms with E-state index < -0.39 is 24.2 Å². The Kier molecular flexibility index (Phi) is 8.52. The number of carboxylic acid groups (broad SMARTS) is 1. The van der Waals surface area contributed by atoms with Crippen molar-refractivity contribution >= 4 is 28.9 Å². The molecule has 0 aliphatic carbocycles. The van der Waals surface area contributed by atoms with Crippen molar-refractivity contribution in [1.82, 2.24) is 0 Å². The van der Waals surface area contributed by atoms with Gasteiger partial charge in [-0.05, 0) is 42.8 Å². The molecule has 0 aromatic heterocycles. The summed E-state index contributed by atoms with van der Waals surface area (Å²) in [5.74, 6) is -1.56. The van der Waals surface area contributed by atoms with Gasteiger partial charge in [0.25, 0.3) is 0 Å². The van der Waals surface area contributed by atoms with E-state index in [0.717, 1.165) is 0 Å². The fourth-order valence-corrected chi connectivity index (χ4v) is 3.19. The molecule has 2 rings (SSSR count). The molecule has 30 heavy (non-hydrogen) atoms. The van der Waals surface area contributed by atoms with Crippen LogP contribution < -0.4 is 5.32 Å². The van der Waals surface area contributed by atoms with Crippen LogP contribution in [0.3, 0.4) is 0 Å². The van der Waals surface area contributed by atoms with Gasteiger partial charge < -0.3 is 19.9 Å². The van der Waals surface area contributed by atoms with E-state index in [1.807, 2.05) is 0 Å². The van der Waals surface area contributed by atoms with Crippen LogP contribution in [-0.2, 0) is 14.3 Å². The number of aliphatic carboxylic acids is 1. The van der Waals surface area contributed by atoms with Crippen molar-refractivity contribution in [2.24, 2.45) is 0 Å². The number of methoxy groups -OCH3 is 1. The normalized spacial score (nSPS) is 13.7. The van der Waals surface area contributed by atoms with Gasteiger partial charge in [-0.15, -0.1) is 0 Å². The van der Waals surface area contributed by atoms with Crippen LogP contribution in [0.15, 0.2) is 42.5 Å². The zero-order chi connectivity index (χ0) is 22.3. The van der Waals surface area contributed by atoms with Crippen molar-refractivity contribution < 1.29 is 32.5 Å². The van der Waals surface area contributed by atoms with Gasteiger partial charge in [-0.3, -0.25) is 4.79 Å². The number of hydrogen-bond donors (Lipinski definition) is 2.